The molecule has 0 fully saturated rings. The van der Waals surface area contributed by atoms with E-state index < -0.39 is 0 Å². The Labute approximate surface area is 303 Å². The summed E-state index contributed by atoms with van der Waals surface area (Å²) in [5.41, 5.74) is 9.67. The molecule has 0 bridgehead atoms. The average molecular weight is 723 g/mol. The third kappa shape index (κ3) is 6.32. The van der Waals surface area contributed by atoms with Crippen molar-refractivity contribution in [2.45, 2.75) is 39.5 Å². The number of amides is 2. The molecule has 5 aromatic carbocycles. The van der Waals surface area contributed by atoms with Gasteiger partial charge in [-0.25, -0.2) is 0 Å². The molecule has 0 saturated heterocycles. The zero-order chi connectivity index (χ0) is 34.6. The number of anilines is 3. The van der Waals surface area contributed by atoms with Gasteiger partial charge in [0.2, 0.25) is 0 Å². The van der Waals surface area contributed by atoms with Gasteiger partial charge in [-0.05, 0) is 83.6 Å². The van der Waals surface area contributed by atoms with Crippen LogP contribution in [0.25, 0.3) is 22.5 Å². The number of halogens is 1. The minimum Gasteiger partial charge on any atom is -0.311 e. The number of para-hydroxylation sites is 2. The highest BCUT2D eigenvalue weighted by atomic mass is 79.9. The molecule has 0 radical (unpaired) electrons. The highest BCUT2D eigenvalue weighted by Crippen LogP contribution is 2.47. The lowest BCUT2D eigenvalue weighted by atomic mass is 9.99. The van der Waals surface area contributed by atoms with Gasteiger partial charge < -0.3 is 14.7 Å². The molecule has 250 valence electrons. The van der Waals surface area contributed by atoms with Crippen LogP contribution in [-0.2, 0) is 9.59 Å². The molecule has 2 heterocycles. The summed E-state index contributed by atoms with van der Waals surface area (Å²) in [7, 11) is 0. The maximum Gasteiger partial charge on any atom is 0.261 e. The van der Waals surface area contributed by atoms with Gasteiger partial charge in [0.1, 0.15) is 0 Å². The molecule has 0 aliphatic carbocycles. The minimum atomic E-state index is -0.0882. The van der Waals surface area contributed by atoms with E-state index in [1.165, 1.54) is 0 Å². The third-order valence-corrected chi connectivity index (χ3v) is 9.94. The quantitative estimate of drug-likeness (QED) is 0.129. The molecule has 2 amide bonds. The van der Waals surface area contributed by atoms with Gasteiger partial charge in [-0.2, -0.15) is 0 Å². The molecule has 0 atom stereocenters. The van der Waals surface area contributed by atoms with Crippen molar-refractivity contribution in [1.82, 2.24) is 9.80 Å². The Morgan fingerprint density at radius 3 is 1.26 bits per heavy atom. The number of fused-ring (bicyclic) bond motifs is 1. The van der Waals surface area contributed by atoms with Gasteiger partial charge >= 0.3 is 0 Å². The molecule has 0 N–H and O–H groups in total. The van der Waals surface area contributed by atoms with E-state index in [4.69, 9.17) is 0 Å². The van der Waals surface area contributed by atoms with Crippen molar-refractivity contribution in [3.8, 4) is 11.1 Å². The SMILES string of the molecule is CCCCN1C(=O)C2=C(c3ccc(-c4ccc(N(c5ccccc5)c5ccccc5)cc4)cc3)N(CCCC)C(=O)C2=C1c1ccc(Br)cc1. The summed E-state index contributed by atoms with van der Waals surface area (Å²) in [6.45, 7) is 5.38. The van der Waals surface area contributed by atoms with E-state index in [1.807, 2.05) is 46.2 Å². The van der Waals surface area contributed by atoms with Crippen molar-refractivity contribution in [2.75, 3.05) is 18.0 Å². The zero-order valence-electron chi connectivity index (χ0n) is 28.5. The first-order chi connectivity index (χ1) is 24.5. The first-order valence-electron chi connectivity index (χ1n) is 17.5. The number of benzene rings is 5. The van der Waals surface area contributed by atoms with Crippen molar-refractivity contribution in [1.29, 1.82) is 0 Å². The lowest BCUT2D eigenvalue weighted by Crippen LogP contribution is -2.31. The molecule has 0 aromatic heterocycles. The van der Waals surface area contributed by atoms with Crippen LogP contribution in [0.4, 0.5) is 17.1 Å². The van der Waals surface area contributed by atoms with Crippen LogP contribution in [0.3, 0.4) is 0 Å². The van der Waals surface area contributed by atoms with Crippen LogP contribution in [0.5, 0.6) is 0 Å². The first-order valence-corrected chi connectivity index (χ1v) is 18.3. The van der Waals surface area contributed by atoms with Gasteiger partial charge in [0.05, 0.1) is 22.5 Å². The van der Waals surface area contributed by atoms with Crippen molar-refractivity contribution in [3.63, 3.8) is 0 Å². The minimum absolute atomic E-state index is 0.0882. The summed E-state index contributed by atoms with van der Waals surface area (Å²) in [5, 5.41) is 0. The second-order valence-electron chi connectivity index (χ2n) is 12.7. The van der Waals surface area contributed by atoms with Gasteiger partial charge in [-0.15, -0.1) is 0 Å². The molecule has 0 saturated carbocycles. The van der Waals surface area contributed by atoms with Crippen molar-refractivity contribution < 1.29 is 9.59 Å². The van der Waals surface area contributed by atoms with E-state index >= 15 is 0 Å². The molecule has 5 aromatic rings. The number of nitrogens with zero attached hydrogens (tertiary/aromatic N) is 3. The summed E-state index contributed by atoms with van der Waals surface area (Å²) in [6, 6.07) is 45.6. The predicted octanol–water partition coefficient (Wildman–Crippen LogP) is 11.0. The molecule has 7 rings (SSSR count). The summed E-state index contributed by atoms with van der Waals surface area (Å²) in [6.07, 6.45) is 3.61. The van der Waals surface area contributed by atoms with E-state index in [2.05, 4.69) is 132 Å². The summed E-state index contributed by atoms with van der Waals surface area (Å²) in [4.78, 5) is 34.5. The van der Waals surface area contributed by atoms with Gasteiger partial charge in [0.15, 0.2) is 0 Å². The van der Waals surface area contributed by atoms with E-state index in [-0.39, 0.29) is 11.8 Å². The van der Waals surface area contributed by atoms with Crippen LogP contribution in [0.2, 0.25) is 0 Å². The summed E-state index contributed by atoms with van der Waals surface area (Å²) < 4.78 is 0.953. The van der Waals surface area contributed by atoms with Crippen LogP contribution in [0.1, 0.15) is 50.7 Å². The van der Waals surface area contributed by atoms with Gasteiger partial charge in [0, 0.05) is 34.6 Å². The topological polar surface area (TPSA) is 43.9 Å². The van der Waals surface area contributed by atoms with Crippen LogP contribution in [0, 0.1) is 0 Å². The Balaban J connectivity index is 1.26. The smallest absolute Gasteiger partial charge is 0.261 e. The number of rotatable bonds is 12. The van der Waals surface area contributed by atoms with Crippen molar-refractivity contribution >= 4 is 56.2 Å². The van der Waals surface area contributed by atoms with E-state index in [1.54, 1.807) is 0 Å². The van der Waals surface area contributed by atoms with Crippen LogP contribution >= 0.6 is 15.9 Å². The Kier molecular flexibility index (Phi) is 9.81. The van der Waals surface area contributed by atoms with E-state index in [9.17, 15) is 9.59 Å². The maximum atomic E-state index is 14.3. The predicted molar refractivity (Wildman–Crippen MR) is 208 cm³/mol. The normalized spacial score (nSPS) is 14.2. The molecule has 5 nitrogen and oxygen atoms in total. The molecule has 0 spiro atoms. The van der Waals surface area contributed by atoms with Gasteiger partial charge in [-0.3, -0.25) is 9.59 Å². The molecule has 2 aliphatic rings. The molecule has 6 heteroatoms. The van der Waals surface area contributed by atoms with Crippen LogP contribution < -0.4 is 4.90 Å². The first kappa shape index (κ1) is 33.3. The number of carbonyl (C=O) groups excluding carboxylic acids is 2. The fourth-order valence-corrected chi connectivity index (χ4v) is 7.15. The van der Waals surface area contributed by atoms with Crippen LogP contribution in [-0.4, -0.2) is 34.7 Å². The highest BCUT2D eigenvalue weighted by Gasteiger charge is 2.48. The van der Waals surface area contributed by atoms with Gasteiger partial charge in [-0.1, -0.05) is 128 Å². The number of unbranched alkanes of at least 4 members (excludes halogenated alkanes) is 2. The van der Waals surface area contributed by atoms with E-state index in [0.29, 0.717) is 24.2 Å². The molecule has 0 unspecified atom stereocenters. The second kappa shape index (κ2) is 14.7. The zero-order valence-corrected chi connectivity index (χ0v) is 30.1. The Bertz CT molecular complexity index is 2010. The number of carbonyl (C=O) groups is 2. The average Bonchev–Trinajstić information content (AvgIpc) is 3.61. The highest BCUT2D eigenvalue weighted by molar-refractivity contribution is 9.10. The van der Waals surface area contributed by atoms with Crippen LogP contribution in [0.15, 0.2) is 149 Å². The lowest BCUT2D eigenvalue weighted by molar-refractivity contribution is -0.124. The number of hydrogen-bond donors (Lipinski definition) is 0. The molecular weight excluding hydrogens is 682 g/mol. The molecule has 50 heavy (non-hydrogen) atoms. The fraction of sp³-hybridized carbons (Fsp3) is 0.182. The van der Waals surface area contributed by atoms with E-state index in [0.717, 1.165) is 80.9 Å². The largest absolute Gasteiger partial charge is 0.311 e. The fourth-order valence-electron chi connectivity index (χ4n) is 6.89. The van der Waals surface area contributed by atoms with Crippen molar-refractivity contribution in [2.24, 2.45) is 0 Å². The van der Waals surface area contributed by atoms with Crippen molar-refractivity contribution in [3.05, 3.63) is 160 Å². The Hall–Kier alpha value is -5.20. The molecule has 2 aliphatic heterocycles. The summed E-state index contributed by atoms with van der Waals surface area (Å²) in [5.74, 6) is -0.176. The Morgan fingerprint density at radius 2 is 0.840 bits per heavy atom. The second-order valence-corrected chi connectivity index (χ2v) is 13.6. The number of hydrogen-bond acceptors (Lipinski definition) is 3. The third-order valence-electron chi connectivity index (χ3n) is 9.42. The molecular formula is C44H40BrN3O2. The van der Waals surface area contributed by atoms with Gasteiger partial charge in [0.25, 0.3) is 11.8 Å². The lowest BCUT2D eigenvalue weighted by Gasteiger charge is -2.26. The standard InChI is InChI=1S/C44H40BrN3O2/c1-3-5-29-46-41(39-40(44(46)50)42(34-21-25-35(45)26-22-34)47(43(39)49)30-6-4-2)33-19-17-31(18-20-33)32-23-27-38(28-24-32)48(36-13-9-7-10-14-36)37-15-11-8-12-16-37/h7-28H,3-6,29-30H2,1-2H3. The summed E-state index contributed by atoms with van der Waals surface area (Å²) >= 11 is 3.54. The Morgan fingerprint density at radius 1 is 0.480 bits per heavy atom. The monoisotopic (exact) mass is 721 g/mol. The maximum absolute atomic E-state index is 14.3.